The van der Waals surface area contributed by atoms with E-state index in [4.69, 9.17) is 17.3 Å². The van der Waals surface area contributed by atoms with E-state index in [2.05, 4.69) is 5.10 Å². The summed E-state index contributed by atoms with van der Waals surface area (Å²) in [6, 6.07) is 11.3. The maximum absolute atomic E-state index is 13.3. The minimum absolute atomic E-state index is 0.0380. The fourth-order valence-electron chi connectivity index (χ4n) is 2.30. The average molecular weight is 330 g/mol. The first-order valence-corrected chi connectivity index (χ1v) is 7.25. The van der Waals surface area contributed by atoms with Gasteiger partial charge in [-0.1, -0.05) is 35.4 Å². The number of aryl methyl sites for hydroxylation is 1. The summed E-state index contributed by atoms with van der Waals surface area (Å²) in [7, 11) is 0. The number of carbonyl (C=O) groups is 1. The highest BCUT2D eigenvalue weighted by molar-refractivity contribution is 6.30. The van der Waals surface area contributed by atoms with Gasteiger partial charge in [-0.3, -0.25) is 4.79 Å². The molecule has 0 amide bonds. The fraction of sp³-hybridized carbons (Fsp3) is 0.0588. The van der Waals surface area contributed by atoms with Crippen LogP contribution in [-0.2, 0) is 0 Å². The Labute approximate surface area is 137 Å². The lowest BCUT2D eigenvalue weighted by atomic mass is 10.0. The van der Waals surface area contributed by atoms with E-state index in [1.54, 1.807) is 12.1 Å². The van der Waals surface area contributed by atoms with Crippen LogP contribution in [0.5, 0.6) is 0 Å². The van der Waals surface area contributed by atoms with Crippen molar-refractivity contribution in [1.82, 2.24) is 9.78 Å². The van der Waals surface area contributed by atoms with E-state index >= 15 is 0 Å². The molecule has 1 aromatic heterocycles. The molecule has 0 atom stereocenters. The first kappa shape index (κ1) is 15.2. The summed E-state index contributed by atoms with van der Waals surface area (Å²) in [5.41, 5.74) is 8.33. The lowest BCUT2D eigenvalue weighted by Crippen LogP contribution is -2.07. The van der Waals surface area contributed by atoms with Crippen molar-refractivity contribution in [2.45, 2.75) is 6.92 Å². The van der Waals surface area contributed by atoms with Crippen LogP contribution in [0.3, 0.4) is 0 Å². The maximum atomic E-state index is 13.3. The van der Waals surface area contributed by atoms with Gasteiger partial charge in [0.2, 0.25) is 0 Å². The molecule has 0 aliphatic heterocycles. The van der Waals surface area contributed by atoms with E-state index in [1.807, 2.05) is 19.1 Å². The molecule has 0 aliphatic rings. The number of hydrogen-bond donors (Lipinski definition) is 1. The van der Waals surface area contributed by atoms with Crippen LogP contribution in [0.25, 0.3) is 5.69 Å². The third kappa shape index (κ3) is 2.83. The standard InChI is InChI=1S/C17H13ClFN3O/c1-10-3-2-4-11(7-10)16(23)13-9-21-22(17(13)20)12-5-6-15(19)14(18)8-12/h2-9H,20H2,1H3. The highest BCUT2D eigenvalue weighted by atomic mass is 35.5. The average Bonchev–Trinajstić information content (AvgIpc) is 2.91. The maximum Gasteiger partial charge on any atom is 0.198 e. The SMILES string of the molecule is Cc1cccc(C(=O)c2cnn(-c3ccc(F)c(Cl)c3)c2N)c1. The van der Waals surface area contributed by atoms with Crippen LogP contribution in [0.1, 0.15) is 21.5 Å². The zero-order chi connectivity index (χ0) is 16.6. The molecular weight excluding hydrogens is 317 g/mol. The van der Waals surface area contributed by atoms with Crippen molar-refractivity contribution >= 4 is 23.2 Å². The Balaban J connectivity index is 2.02. The van der Waals surface area contributed by atoms with E-state index in [-0.39, 0.29) is 22.2 Å². The molecule has 0 bridgehead atoms. The molecule has 1 heterocycles. The predicted molar refractivity (Wildman–Crippen MR) is 87.6 cm³/mol. The molecule has 23 heavy (non-hydrogen) atoms. The summed E-state index contributed by atoms with van der Waals surface area (Å²) >= 11 is 5.77. The number of halogens is 2. The van der Waals surface area contributed by atoms with Gasteiger partial charge in [0.15, 0.2) is 5.78 Å². The normalized spacial score (nSPS) is 10.7. The molecule has 0 unspecified atom stereocenters. The number of carbonyl (C=O) groups excluding carboxylic acids is 1. The van der Waals surface area contributed by atoms with Gasteiger partial charge < -0.3 is 5.73 Å². The molecule has 3 rings (SSSR count). The molecule has 0 fully saturated rings. The zero-order valence-corrected chi connectivity index (χ0v) is 13.0. The summed E-state index contributed by atoms with van der Waals surface area (Å²) in [5, 5.41) is 4.08. The van der Waals surface area contributed by atoms with Gasteiger partial charge in [0.1, 0.15) is 11.6 Å². The van der Waals surface area contributed by atoms with Crippen molar-refractivity contribution in [2.75, 3.05) is 5.73 Å². The van der Waals surface area contributed by atoms with Crippen LogP contribution in [0.2, 0.25) is 5.02 Å². The summed E-state index contributed by atoms with van der Waals surface area (Å²) in [6.45, 7) is 1.91. The quantitative estimate of drug-likeness (QED) is 0.744. The van der Waals surface area contributed by atoms with Gasteiger partial charge in [-0.2, -0.15) is 5.10 Å². The Hall–Kier alpha value is -2.66. The second kappa shape index (κ2) is 5.85. The van der Waals surface area contributed by atoms with Gasteiger partial charge in [-0.25, -0.2) is 9.07 Å². The van der Waals surface area contributed by atoms with Crippen LogP contribution in [-0.4, -0.2) is 15.6 Å². The van der Waals surface area contributed by atoms with Gasteiger partial charge in [-0.05, 0) is 31.2 Å². The van der Waals surface area contributed by atoms with Crippen molar-refractivity contribution < 1.29 is 9.18 Å². The Morgan fingerprint density at radius 3 is 2.74 bits per heavy atom. The van der Waals surface area contributed by atoms with Crippen molar-refractivity contribution in [3.8, 4) is 5.69 Å². The molecule has 0 spiro atoms. The fourth-order valence-corrected chi connectivity index (χ4v) is 2.47. The van der Waals surface area contributed by atoms with Gasteiger partial charge in [-0.15, -0.1) is 0 Å². The highest BCUT2D eigenvalue weighted by Gasteiger charge is 2.18. The predicted octanol–water partition coefficient (Wildman–Crippen LogP) is 3.79. The van der Waals surface area contributed by atoms with E-state index in [0.29, 0.717) is 11.3 Å². The molecule has 0 radical (unpaired) electrons. The van der Waals surface area contributed by atoms with Crippen LogP contribution in [0, 0.1) is 12.7 Å². The van der Waals surface area contributed by atoms with E-state index < -0.39 is 5.82 Å². The van der Waals surface area contributed by atoms with Crippen LogP contribution >= 0.6 is 11.6 Å². The minimum atomic E-state index is -0.530. The summed E-state index contributed by atoms with van der Waals surface area (Å²) in [6.07, 6.45) is 1.40. The Morgan fingerprint density at radius 1 is 1.26 bits per heavy atom. The number of ketones is 1. The molecule has 6 heteroatoms. The summed E-state index contributed by atoms with van der Waals surface area (Å²) < 4.78 is 14.6. The number of aromatic nitrogens is 2. The molecule has 0 saturated carbocycles. The van der Waals surface area contributed by atoms with Crippen LogP contribution in [0.15, 0.2) is 48.7 Å². The number of nitrogens with two attached hydrogens (primary N) is 1. The van der Waals surface area contributed by atoms with Gasteiger partial charge in [0.25, 0.3) is 0 Å². The molecule has 116 valence electrons. The van der Waals surface area contributed by atoms with Crippen molar-refractivity contribution in [1.29, 1.82) is 0 Å². The monoisotopic (exact) mass is 329 g/mol. The minimum Gasteiger partial charge on any atom is -0.383 e. The topological polar surface area (TPSA) is 60.9 Å². The van der Waals surface area contributed by atoms with E-state index in [0.717, 1.165) is 5.56 Å². The Kier molecular flexibility index (Phi) is 3.88. The van der Waals surface area contributed by atoms with Crippen LogP contribution in [0.4, 0.5) is 10.2 Å². The number of benzene rings is 2. The third-order valence-corrected chi connectivity index (χ3v) is 3.77. The largest absolute Gasteiger partial charge is 0.383 e. The second-order valence-electron chi connectivity index (χ2n) is 5.15. The molecule has 2 aromatic carbocycles. The molecule has 0 saturated heterocycles. The first-order chi connectivity index (χ1) is 11.0. The molecule has 4 nitrogen and oxygen atoms in total. The van der Waals surface area contributed by atoms with Gasteiger partial charge >= 0.3 is 0 Å². The molecular formula is C17H13ClFN3O. The first-order valence-electron chi connectivity index (χ1n) is 6.87. The van der Waals surface area contributed by atoms with Gasteiger partial charge in [0.05, 0.1) is 22.5 Å². The number of rotatable bonds is 3. The van der Waals surface area contributed by atoms with Gasteiger partial charge in [0, 0.05) is 5.56 Å². The number of nitrogens with zero attached hydrogens (tertiary/aromatic N) is 2. The summed E-state index contributed by atoms with van der Waals surface area (Å²) in [5.74, 6) is -0.568. The zero-order valence-electron chi connectivity index (χ0n) is 12.3. The van der Waals surface area contributed by atoms with Crippen molar-refractivity contribution in [3.63, 3.8) is 0 Å². The number of hydrogen-bond acceptors (Lipinski definition) is 3. The van der Waals surface area contributed by atoms with E-state index in [1.165, 1.54) is 29.1 Å². The Morgan fingerprint density at radius 2 is 2.04 bits per heavy atom. The summed E-state index contributed by atoms with van der Waals surface area (Å²) in [4.78, 5) is 12.6. The molecule has 0 aliphatic carbocycles. The van der Waals surface area contributed by atoms with E-state index in [9.17, 15) is 9.18 Å². The second-order valence-corrected chi connectivity index (χ2v) is 5.56. The lowest BCUT2D eigenvalue weighted by molar-refractivity contribution is 0.103. The smallest absolute Gasteiger partial charge is 0.198 e. The Bertz CT molecular complexity index is 905. The lowest BCUT2D eigenvalue weighted by Gasteiger charge is -2.06. The highest BCUT2D eigenvalue weighted by Crippen LogP contribution is 2.23. The van der Waals surface area contributed by atoms with Crippen molar-refractivity contribution in [3.05, 3.63) is 76.2 Å². The number of nitrogen functional groups attached to an aromatic ring is 1. The van der Waals surface area contributed by atoms with Crippen molar-refractivity contribution in [2.24, 2.45) is 0 Å². The molecule has 3 aromatic rings. The van der Waals surface area contributed by atoms with Crippen LogP contribution < -0.4 is 5.73 Å². The number of anilines is 1. The molecule has 2 N–H and O–H groups in total. The third-order valence-electron chi connectivity index (χ3n) is 3.48.